The Hall–Kier alpha value is -6.49. The van der Waals surface area contributed by atoms with Crippen LogP contribution in [0.15, 0.2) is 124 Å². The van der Waals surface area contributed by atoms with Crippen molar-refractivity contribution in [3.8, 4) is 33.8 Å². The maximum Gasteiger partial charge on any atom is 0.446 e. The van der Waals surface area contributed by atoms with Crippen molar-refractivity contribution in [3.05, 3.63) is 125 Å². The van der Waals surface area contributed by atoms with E-state index in [9.17, 15) is 99.8 Å². The van der Waals surface area contributed by atoms with E-state index in [1.807, 2.05) is 0 Å². The van der Waals surface area contributed by atoms with Gasteiger partial charge in [0.05, 0.1) is 88.6 Å². The summed E-state index contributed by atoms with van der Waals surface area (Å²) in [5.74, 6) is -1.43. The normalized spacial score (nSPS) is 22.9. The molecule has 6 aromatic heterocycles. The van der Waals surface area contributed by atoms with Gasteiger partial charge in [0.1, 0.15) is 44.9 Å². The Bertz CT molecular complexity index is 5020. The zero-order valence-corrected chi connectivity index (χ0v) is 60.9. The van der Waals surface area contributed by atoms with Gasteiger partial charge in [-0.25, -0.2) is 30.4 Å². The SMILES string of the molecule is NS(=O)(=O)OC[C@H]1C[C@@H](Nc2c(Cl)cnc3c(Cl)c(-c4cccc(SC(F)(F)F)c4)nn23)[C@H](O)[C@@H]1O.NS(=O)(=O)OC[C@H]1C[C@@H](Nc2c(Cl)cnc3cc(-c4cccc(SC(F)(F)F)c4)nn23)[C@H](O)[C@@H]1O.NS(=O)(=O)OC[C@H]1C[C@@H](Nc2ccnc3cc(-c4cccc(SC(F)(F)F)c4)nn23)[C@H](O)[C@@H]1O.[2H]CF. The Balaban J connectivity index is 0.000000183. The van der Waals surface area contributed by atoms with Crippen LogP contribution in [0.25, 0.3) is 50.7 Å². The molecule has 15 N–H and O–H groups in total. The van der Waals surface area contributed by atoms with E-state index in [1.54, 1.807) is 30.3 Å². The fraction of sp³-hybridized carbons (Fsp3) is 0.379. The molecule has 0 unspecified atom stereocenters. The zero-order chi connectivity index (χ0) is 79.3. The van der Waals surface area contributed by atoms with Crippen LogP contribution < -0.4 is 31.4 Å². The molecule has 9 aromatic rings. The maximum absolute atomic E-state index is 12.8. The van der Waals surface area contributed by atoms with Crippen LogP contribution in [0.1, 0.15) is 20.6 Å². The molecule has 12 rings (SSSR count). The Labute approximate surface area is 628 Å². The summed E-state index contributed by atoms with van der Waals surface area (Å²) in [5.41, 5.74) is -10.4. The summed E-state index contributed by atoms with van der Waals surface area (Å²) in [6, 6.07) is 19.7. The Morgan fingerprint density at radius 3 is 1.29 bits per heavy atom. The van der Waals surface area contributed by atoms with Gasteiger partial charge in [-0.15, -0.1) is 0 Å². The number of nitrogens with two attached hydrogens (primary N) is 3. The van der Waals surface area contributed by atoms with Crippen molar-refractivity contribution < 1.29 is 114 Å². The molecule has 107 heavy (non-hydrogen) atoms. The number of benzene rings is 3. The molecule has 3 aliphatic rings. The first-order valence-corrected chi connectivity index (χ1v) is 38.3. The van der Waals surface area contributed by atoms with Gasteiger partial charge in [0.15, 0.2) is 28.6 Å². The number of halogens is 13. The van der Waals surface area contributed by atoms with Crippen molar-refractivity contribution in [2.24, 2.45) is 33.2 Å². The molecule has 30 nitrogen and oxygen atoms in total. The fourth-order valence-electron chi connectivity index (χ4n) is 11.5. The lowest BCUT2D eigenvalue weighted by Gasteiger charge is -2.20. The van der Waals surface area contributed by atoms with Crippen molar-refractivity contribution in [3.63, 3.8) is 0 Å². The highest BCUT2D eigenvalue weighted by Crippen LogP contribution is 2.44. The summed E-state index contributed by atoms with van der Waals surface area (Å²) in [7, 11) is -13.7. The monoisotopic (exact) mass is 1690 g/mol. The second kappa shape index (κ2) is 34.4. The molecule has 3 aromatic carbocycles. The van der Waals surface area contributed by atoms with Crippen LogP contribution in [-0.4, -0.2) is 198 Å². The molecule has 6 heterocycles. The van der Waals surface area contributed by atoms with Crippen LogP contribution in [-0.2, 0) is 43.5 Å². The number of fused-ring (bicyclic) bond motifs is 3. The largest absolute Gasteiger partial charge is 0.446 e. The number of aliphatic hydroxyl groups excluding tert-OH is 6. The number of aromatic nitrogens is 9. The van der Waals surface area contributed by atoms with Crippen molar-refractivity contribution in [2.45, 2.75) is 105 Å². The third kappa shape index (κ3) is 22.6. The molecule has 0 aliphatic heterocycles. The van der Waals surface area contributed by atoms with E-state index in [4.69, 9.17) is 51.6 Å². The van der Waals surface area contributed by atoms with E-state index < -0.39 is 140 Å². The second-order valence-electron chi connectivity index (χ2n) is 23.5. The average Bonchev–Trinajstić information content (AvgIpc) is 1.62. The third-order valence-electron chi connectivity index (χ3n) is 16.1. The van der Waals surface area contributed by atoms with Gasteiger partial charge < -0.3 is 46.6 Å². The van der Waals surface area contributed by atoms with Crippen molar-refractivity contribution in [1.29, 1.82) is 0 Å². The molecule has 0 amide bonds. The summed E-state index contributed by atoms with van der Waals surface area (Å²) < 4.78 is 214. The maximum atomic E-state index is 12.8. The molecular formula is C58H60Cl3F10N15O15S6. The lowest BCUT2D eigenvalue weighted by atomic mass is 10.1. The molecule has 3 saturated carbocycles. The van der Waals surface area contributed by atoms with Crippen LogP contribution in [0.4, 0.5) is 61.4 Å². The summed E-state index contributed by atoms with van der Waals surface area (Å²) in [6.07, 6.45) is -3.29. The average molecular weight is 1700 g/mol. The second-order valence-corrected chi connectivity index (χ2v) is 31.8. The number of nitrogens with zero attached hydrogens (tertiary/aromatic N) is 9. The van der Waals surface area contributed by atoms with Gasteiger partial charge in [-0.3, -0.25) is 16.9 Å². The minimum absolute atomic E-state index is 0.00721. The van der Waals surface area contributed by atoms with Crippen molar-refractivity contribution in [2.75, 3.05) is 42.9 Å². The number of hydrogen-bond donors (Lipinski definition) is 12. The molecule has 3 fully saturated rings. The minimum Gasteiger partial charge on any atom is -0.390 e. The topological polar surface area (TPSA) is 456 Å². The highest BCUT2D eigenvalue weighted by atomic mass is 35.5. The number of rotatable bonds is 21. The van der Waals surface area contributed by atoms with E-state index in [-0.39, 0.29) is 114 Å². The number of thioether (sulfide) groups is 3. The fourth-order valence-corrected chi connectivity index (χ4v) is 15.0. The highest BCUT2D eigenvalue weighted by Gasteiger charge is 2.46. The van der Waals surface area contributed by atoms with Crippen molar-refractivity contribution in [1.82, 2.24) is 43.8 Å². The molecule has 0 spiro atoms. The number of anilines is 3. The van der Waals surface area contributed by atoms with Crippen LogP contribution >= 0.6 is 70.1 Å². The summed E-state index contributed by atoms with van der Waals surface area (Å²) in [5, 5.41) is 99.1. The summed E-state index contributed by atoms with van der Waals surface area (Å²) in [4.78, 5) is 12.5. The van der Waals surface area contributed by atoms with Crippen molar-refractivity contribution >= 4 is 135 Å². The molecular weight excluding hydrogens is 1640 g/mol. The molecule has 584 valence electrons. The van der Waals surface area contributed by atoms with Crippen LogP contribution in [0.3, 0.4) is 0 Å². The summed E-state index contributed by atoms with van der Waals surface area (Å²) >= 11 is 18.3. The minimum atomic E-state index is -4.47. The molecule has 0 radical (unpaired) electrons. The van der Waals surface area contributed by atoms with Gasteiger partial charge in [0.25, 0.3) is 0 Å². The predicted molar refractivity (Wildman–Crippen MR) is 373 cm³/mol. The predicted octanol–water partition coefficient (Wildman–Crippen LogP) is 7.80. The highest BCUT2D eigenvalue weighted by molar-refractivity contribution is 8.00. The number of alkyl halides is 10. The molecule has 49 heteroatoms. The Kier molecular flexibility index (Phi) is 26.7. The lowest BCUT2D eigenvalue weighted by molar-refractivity contribution is -0.0337. The standard InChI is InChI=1S/C19H18Cl2F3N5O5S2.C19H19ClF3N5O5S2.C19H20F3N5O5S2.CH3F/c20-11-6-26-18-13(21)14(8-2-1-3-10(4-8)35-19(22,23)24)28-29(18)17(11)27-12-5-9(15(30)16(12)31)7-34-36(25,32)33;20-12-7-25-15-6-13(9-2-1-3-11(4-9)34-19(21,22)23)27-28(15)18(12)26-14-5-10(16(29)17(14)30)8-33-35(24,31)32;20-19(21,22)33-12-3-1-2-10(6-12)13-8-16-24-5-4-15(27(16)26-13)25-14-7-11(17(28)18(14)29)9-32-34(23,30)31;1-2/h1-4,6,9,12,15-16,27,30-31H,5,7H2,(H2,25,32,33);1-4,6-7,10,14,16-17,26,29-30H,5,8H2,(H2,24,31,32);1-6,8,11,14,17-18,25,28-29H,7,9H2,(H2,23,30,31);1H3/t9-,12-,15-,16+;10-,14-,16-,17+;11-,14-,17-,18+;/m111./s1/i;;;1D. The van der Waals surface area contributed by atoms with E-state index in [1.165, 1.54) is 92.8 Å². The van der Waals surface area contributed by atoms with E-state index in [0.29, 0.717) is 45.2 Å². The lowest BCUT2D eigenvalue weighted by Crippen LogP contribution is -2.36. The van der Waals surface area contributed by atoms with Crippen LogP contribution in [0, 0.1) is 17.8 Å². The first-order valence-electron chi connectivity index (χ1n) is 31.0. The third-order valence-corrected chi connectivity index (χ3v) is 20.6. The quantitative estimate of drug-likeness (QED) is 0.0241. The number of aliphatic hydroxyl groups is 6. The first kappa shape index (κ1) is 83.0. The van der Waals surface area contributed by atoms with E-state index >= 15 is 0 Å². The number of nitrogens with one attached hydrogen (secondary N) is 3. The van der Waals surface area contributed by atoms with Gasteiger partial charge in [0.2, 0.25) is 0 Å². The van der Waals surface area contributed by atoms with E-state index in [2.05, 4.69) is 58.7 Å². The van der Waals surface area contributed by atoms with Gasteiger partial charge >= 0.3 is 47.4 Å². The first-order chi connectivity index (χ1) is 50.3. The van der Waals surface area contributed by atoms with Gasteiger partial charge in [-0.2, -0.15) is 93.6 Å². The zero-order valence-electron chi connectivity index (χ0n) is 54.7. The smallest absolute Gasteiger partial charge is 0.390 e. The summed E-state index contributed by atoms with van der Waals surface area (Å²) in [6.45, 7) is -1.26. The van der Waals surface area contributed by atoms with Gasteiger partial charge in [-0.05, 0) is 97.0 Å². The van der Waals surface area contributed by atoms with Gasteiger partial charge in [0, 0.05) is 67.5 Å². The van der Waals surface area contributed by atoms with Gasteiger partial charge in [-0.1, -0.05) is 71.2 Å². The molecule has 0 bridgehead atoms. The number of hydrogen-bond acceptors (Lipinski definition) is 27. The Morgan fingerprint density at radius 2 is 0.879 bits per heavy atom. The molecule has 12 atom stereocenters. The van der Waals surface area contributed by atoms with E-state index in [0.717, 1.165) is 0 Å². The molecule has 3 aliphatic carbocycles. The Morgan fingerprint density at radius 1 is 0.514 bits per heavy atom. The molecule has 0 saturated heterocycles. The van der Waals surface area contributed by atoms with Crippen LogP contribution in [0.2, 0.25) is 15.1 Å². The van der Waals surface area contributed by atoms with Crippen LogP contribution in [0.5, 0.6) is 0 Å².